The van der Waals surface area contributed by atoms with Crippen molar-refractivity contribution in [2.24, 2.45) is 0 Å². The maximum Gasteiger partial charge on any atom is 0.221 e. The summed E-state index contributed by atoms with van der Waals surface area (Å²) in [5.41, 5.74) is 0.996. The second kappa shape index (κ2) is 7.31. The lowest BCUT2D eigenvalue weighted by molar-refractivity contribution is -0.121. The summed E-state index contributed by atoms with van der Waals surface area (Å²) in [6, 6.07) is 6.27. The highest BCUT2D eigenvalue weighted by Crippen LogP contribution is 2.29. The zero-order valence-electron chi connectivity index (χ0n) is 12.9. The maximum absolute atomic E-state index is 11.9. The minimum atomic E-state index is -0.0572. The van der Waals surface area contributed by atoms with Gasteiger partial charge in [0, 0.05) is 19.0 Å². The third-order valence-corrected chi connectivity index (χ3v) is 3.65. The van der Waals surface area contributed by atoms with Gasteiger partial charge in [-0.3, -0.25) is 4.79 Å². The molecule has 1 amide bonds. The summed E-state index contributed by atoms with van der Waals surface area (Å²) in [5, 5.41) is 6.34. The molecule has 5 heteroatoms. The van der Waals surface area contributed by atoms with Gasteiger partial charge < -0.3 is 20.1 Å². The quantitative estimate of drug-likeness (QED) is 0.769. The molecule has 2 rings (SSSR count). The Kier molecular flexibility index (Phi) is 5.44. The van der Waals surface area contributed by atoms with E-state index in [2.05, 4.69) is 10.6 Å². The average molecular weight is 292 g/mol. The Morgan fingerprint density at radius 1 is 1.29 bits per heavy atom. The zero-order valence-corrected chi connectivity index (χ0v) is 12.9. The summed E-state index contributed by atoms with van der Waals surface area (Å²) < 4.78 is 10.5. The lowest BCUT2D eigenvalue weighted by Crippen LogP contribution is -2.30. The van der Waals surface area contributed by atoms with Crippen molar-refractivity contribution in [3.8, 4) is 11.5 Å². The van der Waals surface area contributed by atoms with Crippen molar-refractivity contribution in [2.45, 2.75) is 38.3 Å². The molecule has 1 atom stereocenters. The van der Waals surface area contributed by atoms with Gasteiger partial charge in [0.2, 0.25) is 5.91 Å². The third kappa shape index (κ3) is 4.63. The smallest absolute Gasteiger partial charge is 0.221 e. The monoisotopic (exact) mass is 292 g/mol. The Balaban J connectivity index is 1.86. The van der Waals surface area contributed by atoms with Crippen LogP contribution in [0.4, 0.5) is 0 Å². The van der Waals surface area contributed by atoms with Crippen LogP contribution in [0.5, 0.6) is 11.5 Å². The van der Waals surface area contributed by atoms with E-state index >= 15 is 0 Å². The average Bonchev–Trinajstić information content (AvgIpc) is 3.30. The van der Waals surface area contributed by atoms with Gasteiger partial charge in [-0.25, -0.2) is 0 Å². The summed E-state index contributed by atoms with van der Waals surface area (Å²) in [6.45, 7) is 2.71. The number of carbonyl (C=O) groups excluding carboxylic acids is 1. The normalized spacial score (nSPS) is 15.4. The molecule has 2 N–H and O–H groups in total. The highest BCUT2D eigenvalue weighted by molar-refractivity contribution is 5.76. The molecular weight excluding hydrogens is 268 g/mol. The highest BCUT2D eigenvalue weighted by atomic mass is 16.5. The highest BCUT2D eigenvalue weighted by Gasteiger charge is 2.20. The summed E-state index contributed by atoms with van der Waals surface area (Å²) in [6.07, 6.45) is 2.99. The van der Waals surface area contributed by atoms with Gasteiger partial charge in [-0.1, -0.05) is 6.07 Å². The Morgan fingerprint density at radius 3 is 2.62 bits per heavy atom. The van der Waals surface area contributed by atoms with Crippen LogP contribution in [0, 0.1) is 0 Å². The van der Waals surface area contributed by atoms with Crippen molar-refractivity contribution in [3.05, 3.63) is 23.8 Å². The lowest BCUT2D eigenvalue weighted by atomic mass is 10.1. The van der Waals surface area contributed by atoms with Crippen LogP contribution in [0.15, 0.2) is 18.2 Å². The first-order chi connectivity index (χ1) is 10.1. The molecule has 1 aliphatic rings. The molecule has 1 aliphatic carbocycles. The van der Waals surface area contributed by atoms with Gasteiger partial charge in [-0.2, -0.15) is 0 Å². The molecule has 1 aromatic carbocycles. The molecule has 1 fully saturated rings. The molecule has 21 heavy (non-hydrogen) atoms. The van der Waals surface area contributed by atoms with Gasteiger partial charge in [0.15, 0.2) is 11.5 Å². The van der Waals surface area contributed by atoms with Crippen molar-refractivity contribution in [1.29, 1.82) is 0 Å². The van der Waals surface area contributed by atoms with Crippen LogP contribution in [-0.2, 0) is 4.79 Å². The first-order valence-electron chi connectivity index (χ1n) is 7.38. The van der Waals surface area contributed by atoms with E-state index in [-0.39, 0.29) is 11.9 Å². The number of rotatable bonds is 8. The number of amides is 1. The van der Waals surface area contributed by atoms with E-state index in [4.69, 9.17) is 9.47 Å². The number of ether oxygens (including phenoxy) is 2. The molecule has 0 aromatic heterocycles. The fourth-order valence-electron chi connectivity index (χ4n) is 2.20. The molecule has 0 spiro atoms. The van der Waals surface area contributed by atoms with Gasteiger partial charge in [0.25, 0.3) is 0 Å². The number of hydrogen-bond acceptors (Lipinski definition) is 4. The van der Waals surface area contributed by atoms with Crippen molar-refractivity contribution in [3.63, 3.8) is 0 Å². The predicted octanol–water partition coefficient (Wildman–Crippen LogP) is 2.02. The van der Waals surface area contributed by atoms with Crippen molar-refractivity contribution in [2.75, 3.05) is 20.8 Å². The molecule has 1 unspecified atom stereocenters. The number of nitrogens with one attached hydrogen (secondary N) is 2. The van der Waals surface area contributed by atoms with Crippen LogP contribution in [0.3, 0.4) is 0 Å². The Bertz CT molecular complexity index is 486. The first-order valence-corrected chi connectivity index (χ1v) is 7.38. The topological polar surface area (TPSA) is 59.6 Å². The van der Waals surface area contributed by atoms with E-state index in [1.807, 2.05) is 25.1 Å². The van der Waals surface area contributed by atoms with Gasteiger partial charge >= 0.3 is 0 Å². The Labute approximate surface area is 126 Å². The fraction of sp³-hybridized carbons (Fsp3) is 0.562. The van der Waals surface area contributed by atoms with E-state index in [0.29, 0.717) is 24.0 Å². The number of hydrogen-bond donors (Lipinski definition) is 2. The summed E-state index contributed by atoms with van der Waals surface area (Å²) in [7, 11) is 3.21. The molecule has 0 aliphatic heterocycles. The fourth-order valence-corrected chi connectivity index (χ4v) is 2.20. The minimum absolute atomic E-state index is 0.0572. The van der Waals surface area contributed by atoms with Crippen LogP contribution in [0.25, 0.3) is 0 Å². The van der Waals surface area contributed by atoms with E-state index in [0.717, 1.165) is 12.1 Å². The molecule has 0 bridgehead atoms. The molecule has 116 valence electrons. The largest absolute Gasteiger partial charge is 0.493 e. The standard InChI is InChI=1S/C16H24N2O3/c1-11(18-16(19)8-9-17-13-5-6-13)12-4-7-14(20-2)15(10-12)21-3/h4,7,10-11,13,17H,5-6,8-9H2,1-3H3,(H,18,19). The van der Waals surface area contributed by atoms with E-state index < -0.39 is 0 Å². The molecule has 5 nitrogen and oxygen atoms in total. The van der Waals surface area contributed by atoms with Gasteiger partial charge in [0.05, 0.1) is 20.3 Å². The van der Waals surface area contributed by atoms with Crippen molar-refractivity contribution in [1.82, 2.24) is 10.6 Å². The first kappa shape index (κ1) is 15.6. The lowest BCUT2D eigenvalue weighted by Gasteiger charge is -2.16. The van der Waals surface area contributed by atoms with E-state index in [9.17, 15) is 4.79 Å². The minimum Gasteiger partial charge on any atom is -0.493 e. The summed E-state index contributed by atoms with van der Waals surface area (Å²) in [4.78, 5) is 11.9. The Hall–Kier alpha value is -1.75. The molecule has 0 radical (unpaired) electrons. The zero-order chi connectivity index (χ0) is 15.2. The van der Waals surface area contributed by atoms with Crippen molar-refractivity contribution < 1.29 is 14.3 Å². The van der Waals surface area contributed by atoms with E-state index in [1.54, 1.807) is 14.2 Å². The van der Waals surface area contributed by atoms with Crippen LogP contribution in [0.1, 0.15) is 37.8 Å². The molecular formula is C16H24N2O3. The molecule has 1 saturated carbocycles. The third-order valence-electron chi connectivity index (χ3n) is 3.65. The molecule has 0 heterocycles. The van der Waals surface area contributed by atoms with Crippen LogP contribution >= 0.6 is 0 Å². The SMILES string of the molecule is COc1ccc(C(C)NC(=O)CCNC2CC2)cc1OC. The maximum atomic E-state index is 11.9. The van der Waals surface area contributed by atoms with E-state index in [1.165, 1.54) is 12.8 Å². The van der Waals surface area contributed by atoms with Crippen LogP contribution < -0.4 is 20.1 Å². The van der Waals surface area contributed by atoms with Gasteiger partial charge in [0.1, 0.15) is 0 Å². The van der Waals surface area contributed by atoms with Crippen LogP contribution in [0.2, 0.25) is 0 Å². The Morgan fingerprint density at radius 2 is 2.00 bits per heavy atom. The number of carbonyl (C=O) groups is 1. The molecule has 0 saturated heterocycles. The van der Waals surface area contributed by atoms with Gasteiger partial charge in [-0.05, 0) is 37.5 Å². The van der Waals surface area contributed by atoms with Crippen LogP contribution in [-0.4, -0.2) is 32.7 Å². The molecule has 1 aromatic rings. The number of benzene rings is 1. The van der Waals surface area contributed by atoms with Gasteiger partial charge in [-0.15, -0.1) is 0 Å². The number of methoxy groups -OCH3 is 2. The summed E-state index contributed by atoms with van der Waals surface area (Å²) in [5.74, 6) is 1.42. The summed E-state index contributed by atoms with van der Waals surface area (Å²) >= 11 is 0. The predicted molar refractivity (Wildman–Crippen MR) is 81.7 cm³/mol. The second-order valence-electron chi connectivity index (χ2n) is 5.38. The second-order valence-corrected chi connectivity index (χ2v) is 5.38. The van der Waals surface area contributed by atoms with Crippen molar-refractivity contribution >= 4 is 5.91 Å².